The van der Waals surface area contributed by atoms with Crippen molar-refractivity contribution in [1.29, 1.82) is 5.41 Å². The summed E-state index contributed by atoms with van der Waals surface area (Å²) in [5.74, 6) is 0.0343. The van der Waals surface area contributed by atoms with Crippen LogP contribution in [-0.2, 0) is 0 Å². The molecular weight excluding hydrogens is 192 g/mol. The van der Waals surface area contributed by atoms with Crippen LogP contribution in [0.15, 0.2) is 0 Å². The highest BCUT2D eigenvalue weighted by Gasteiger charge is 1.85. The molecule has 0 aliphatic heterocycles. The fraction of sp³-hybridized carbons (Fsp3) is 0.889. The molecule has 92 valence electrons. The van der Waals surface area contributed by atoms with E-state index < -0.39 is 0 Å². The van der Waals surface area contributed by atoms with Gasteiger partial charge in [0.05, 0.1) is 0 Å². The van der Waals surface area contributed by atoms with Gasteiger partial charge < -0.3 is 28.3 Å². The molecule has 0 fully saturated rings. The second-order valence-electron chi connectivity index (χ2n) is 3.12. The van der Waals surface area contributed by atoms with Gasteiger partial charge in [-0.15, -0.1) is 0 Å². The van der Waals surface area contributed by atoms with Crippen LogP contribution in [0.2, 0.25) is 0 Å². The number of guanidine groups is 1. The molecule has 0 aromatic carbocycles. The first-order valence-electron chi connectivity index (χ1n) is 5.37. The van der Waals surface area contributed by atoms with Crippen LogP contribution in [0.5, 0.6) is 0 Å². The lowest BCUT2D eigenvalue weighted by molar-refractivity contribution is 0.714. The van der Waals surface area contributed by atoms with Crippen LogP contribution in [0.25, 0.3) is 0 Å². The van der Waals surface area contributed by atoms with Gasteiger partial charge in [0.1, 0.15) is 0 Å². The largest absolute Gasteiger partial charge is 0.370 e. The molecule has 10 N–H and O–H groups in total. The summed E-state index contributed by atoms with van der Waals surface area (Å²) >= 11 is 0. The van der Waals surface area contributed by atoms with Gasteiger partial charge in [-0.25, -0.2) is 0 Å². The smallest absolute Gasteiger partial charge is 0.185 e. The molecule has 0 amide bonds. The van der Waals surface area contributed by atoms with E-state index >= 15 is 0 Å². The van der Waals surface area contributed by atoms with E-state index in [0.29, 0.717) is 6.54 Å². The summed E-state index contributed by atoms with van der Waals surface area (Å²) in [6.45, 7) is 3.01. The Hall–Kier alpha value is -0.850. The summed E-state index contributed by atoms with van der Waals surface area (Å²) in [6.07, 6.45) is 4.10. The number of hydrogen-bond acceptors (Lipinski definition) is 4. The quantitative estimate of drug-likeness (QED) is 0.183. The number of rotatable bonds is 7. The maximum Gasteiger partial charge on any atom is 0.185 e. The molecule has 15 heavy (non-hydrogen) atoms. The Morgan fingerprint density at radius 1 is 0.867 bits per heavy atom. The summed E-state index contributed by atoms with van der Waals surface area (Å²) in [5.41, 5.74) is 20.6. The van der Waals surface area contributed by atoms with Crippen LogP contribution in [0.1, 0.15) is 25.7 Å². The Morgan fingerprint density at radius 3 is 1.60 bits per heavy atom. The lowest BCUT2D eigenvalue weighted by Gasteiger charge is -2.00. The minimum Gasteiger partial charge on any atom is -0.370 e. The lowest BCUT2D eigenvalue weighted by Crippen LogP contribution is -2.31. The Labute approximate surface area is 92.3 Å². The van der Waals surface area contributed by atoms with Gasteiger partial charge in [-0.3, -0.25) is 5.41 Å². The molecule has 0 saturated carbocycles. The molecule has 0 rings (SSSR count). The van der Waals surface area contributed by atoms with Gasteiger partial charge in [-0.1, -0.05) is 0 Å². The van der Waals surface area contributed by atoms with E-state index in [4.69, 9.17) is 28.3 Å². The van der Waals surface area contributed by atoms with Crippen LogP contribution >= 0.6 is 0 Å². The number of hydrogen-bond donors (Lipinski definition) is 6. The van der Waals surface area contributed by atoms with E-state index in [0.717, 1.165) is 45.3 Å². The minimum atomic E-state index is 0.0343. The van der Waals surface area contributed by atoms with Crippen LogP contribution in [0.4, 0.5) is 0 Å². The zero-order valence-electron chi connectivity index (χ0n) is 9.47. The Bertz CT molecular complexity index is 124. The molecule has 0 bridgehead atoms. The van der Waals surface area contributed by atoms with E-state index in [9.17, 15) is 0 Å². The first-order valence-corrected chi connectivity index (χ1v) is 5.37. The molecule has 0 saturated heterocycles. The fourth-order valence-electron chi connectivity index (χ4n) is 0.781. The molecule has 0 spiro atoms. The fourth-order valence-corrected chi connectivity index (χ4v) is 0.781. The topological polar surface area (TPSA) is 140 Å². The predicted octanol–water partition coefficient (Wildman–Crippen LogP) is -1.11. The van der Waals surface area contributed by atoms with Gasteiger partial charge in [0.25, 0.3) is 0 Å². The predicted molar refractivity (Wildman–Crippen MR) is 65.5 cm³/mol. The van der Waals surface area contributed by atoms with Gasteiger partial charge in [-0.2, -0.15) is 0 Å². The Morgan fingerprint density at radius 2 is 1.27 bits per heavy atom. The van der Waals surface area contributed by atoms with Crippen molar-refractivity contribution in [3.63, 3.8) is 0 Å². The van der Waals surface area contributed by atoms with Crippen molar-refractivity contribution in [1.82, 2.24) is 5.32 Å². The molecule has 0 atom stereocenters. The summed E-state index contributed by atoms with van der Waals surface area (Å²) in [5, 5.41) is 9.45. The minimum absolute atomic E-state index is 0.0343. The maximum absolute atomic E-state index is 6.77. The number of unbranched alkanes of at least 4 members (excludes halogenated alkanes) is 2. The van der Waals surface area contributed by atoms with Crippen LogP contribution in [0, 0.1) is 5.41 Å². The molecule has 0 aliphatic rings. The van der Waals surface area contributed by atoms with E-state index in [1.54, 1.807) is 0 Å². The normalized spacial score (nSPS) is 9.00. The van der Waals surface area contributed by atoms with E-state index in [1.165, 1.54) is 0 Å². The van der Waals surface area contributed by atoms with Gasteiger partial charge in [0.2, 0.25) is 0 Å². The van der Waals surface area contributed by atoms with E-state index in [1.807, 2.05) is 0 Å². The summed E-state index contributed by atoms with van der Waals surface area (Å²) in [4.78, 5) is 0. The van der Waals surface area contributed by atoms with Crippen LogP contribution in [0.3, 0.4) is 0 Å². The monoisotopic (exact) mass is 218 g/mol. The molecule has 0 radical (unpaired) electrons. The first-order chi connectivity index (χ1) is 7.18. The van der Waals surface area contributed by atoms with Gasteiger partial charge in [-0.05, 0) is 45.3 Å². The number of nitrogens with one attached hydrogen (secondary N) is 2. The zero-order chi connectivity index (χ0) is 11.9. The highest BCUT2D eigenvalue weighted by Crippen LogP contribution is 1.80. The average Bonchev–Trinajstić information content (AvgIpc) is 2.22. The standard InChI is InChI=1S/C5H14N4.C4H12N2/c6-3-1-2-4-9-5(7)8;5-3-1-2-4-6/h1-4,6H2,(H4,7,8,9);1-6H2. The average molecular weight is 218 g/mol. The third-order valence-corrected chi connectivity index (χ3v) is 1.60. The van der Waals surface area contributed by atoms with Gasteiger partial charge in [0, 0.05) is 6.54 Å². The van der Waals surface area contributed by atoms with Crippen molar-refractivity contribution >= 4 is 5.96 Å². The van der Waals surface area contributed by atoms with Crippen molar-refractivity contribution in [3.05, 3.63) is 0 Å². The van der Waals surface area contributed by atoms with Crippen LogP contribution in [-0.4, -0.2) is 32.1 Å². The van der Waals surface area contributed by atoms with Gasteiger partial charge in [0.15, 0.2) is 5.96 Å². The van der Waals surface area contributed by atoms with E-state index in [2.05, 4.69) is 5.32 Å². The highest BCUT2D eigenvalue weighted by atomic mass is 15.0. The Balaban J connectivity index is 0. The second kappa shape index (κ2) is 15.6. The SMILES string of the molecule is N=C(N)NCCCCN.NCCCCN. The third-order valence-electron chi connectivity index (χ3n) is 1.60. The van der Waals surface area contributed by atoms with Crippen LogP contribution < -0.4 is 28.3 Å². The van der Waals surface area contributed by atoms with Crippen molar-refractivity contribution in [2.75, 3.05) is 26.2 Å². The summed E-state index contributed by atoms with van der Waals surface area (Å²) < 4.78 is 0. The van der Waals surface area contributed by atoms with Crippen molar-refractivity contribution in [3.8, 4) is 0 Å². The summed E-state index contributed by atoms with van der Waals surface area (Å²) in [7, 11) is 0. The molecular formula is C9H26N6. The number of nitrogens with two attached hydrogens (primary N) is 4. The first kappa shape index (κ1) is 16.6. The third kappa shape index (κ3) is 24.6. The molecule has 0 aromatic rings. The molecule has 6 heteroatoms. The second-order valence-corrected chi connectivity index (χ2v) is 3.12. The lowest BCUT2D eigenvalue weighted by atomic mass is 10.3. The Kier molecular flexibility index (Phi) is 17.3. The van der Waals surface area contributed by atoms with Crippen molar-refractivity contribution in [2.24, 2.45) is 22.9 Å². The highest BCUT2D eigenvalue weighted by molar-refractivity contribution is 5.74. The molecule has 6 nitrogen and oxygen atoms in total. The van der Waals surface area contributed by atoms with Crippen molar-refractivity contribution < 1.29 is 0 Å². The van der Waals surface area contributed by atoms with Crippen molar-refractivity contribution in [2.45, 2.75) is 25.7 Å². The van der Waals surface area contributed by atoms with Gasteiger partial charge >= 0.3 is 0 Å². The summed E-state index contributed by atoms with van der Waals surface area (Å²) in [6, 6.07) is 0. The molecule has 0 aromatic heterocycles. The molecule has 0 aliphatic carbocycles. The molecule has 0 heterocycles. The van der Waals surface area contributed by atoms with E-state index in [-0.39, 0.29) is 5.96 Å². The molecule has 0 unspecified atom stereocenters. The zero-order valence-corrected chi connectivity index (χ0v) is 9.47. The maximum atomic E-state index is 6.77.